The molecule has 1 atom stereocenters. The Bertz CT molecular complexity index is 675. The van der Waals surface area contributed by atoms with Gasteiger partial charge in [-0.3, -0.25) is 14.9 Å². The largest absolute Gasteiger partial charge is 0.477 e. The Hall–Kier alpha value is -2.12. The molecule has 6 nitrogen and oxygen atoms in total. The number of carbonyl (C=O) groups is 1. The maximum atomic E-state index is 11.8. The van der Waals surface area contributed by atoms with Gasteiger partial charge in [-0.05, 0) is 30.5 Å². The smallest absolute Gasteiger partial charge is 0.312 e. The number of benzene rings is 1. The Morgan fingerprint density at radius 3 is 2.91 bits per heavy atom. The van der Waals surface area contributed by atoms with E-state index in [1.807, 2.05) is 24.4 Å². The highest BCUT2D eigenvalue weighted by Crippen LogP contribution is 2.29. The zero-order valence-electron chi connectivity index (χ0n) is 11.6. The number of carbonyl (C=O) groups excluding carboxylic acids is 1. The molecule has 0 aliphatic rings. The molecule has 0 saturated heterocycles. The van der Waals surface area contributed by atoms with Gasteiger partial charge >= 0.3 is 5.69 Å². The molecule has 0 fully saturated rings. The van der Waals surface area contributed by atoms with Crippen LogP contribution in [0, 0.1) is 10.1 Å². The second-order valence-electron chi connectivity index (χ2n) is 4.46. The summed E-state index contributed by atoms with van der Waals surface area (Å²) in [7, 11) is 0. The first-order valence-electron chi connectivity index (χ1n) is 6.37. The molecular formula is C14H13ClN2O4S. The van der Waals surface area contributed by atoms with Crippen molar-refractivity contribution in [1.82, 2.24) is 5.32 Å². The summed E-state index contributed by atoms with van der Waals surface area (Å²) < 4.78 is 5.22. The summed E-state index contributed by atoms with van der Waals surface area (Å²) in [5.41, 5.74) is -0.272. The fourth-order valence-corrected chi connectivity index (χ4v) is 2.69. The molecule has 1 heterocycles. The van der Waals surface area contributed by atoms with Crippen LogP contribution in [-0.2, 0) is 4.79 Å². The van der Waals surface area contributed by atoms with Crippen molar-refractivity contribution in [1.29, 1.82) is 0 Å². The van der Waals surface area contributed by atoms with Gasteiger partial charge in [-0.2, -0.15) is 0 Å². The van der Waals surface area contributed by atoms with Gasteiger partial charge in [-0.25, -0.2) is 0 Å². The van der Waals surface area contributed by atoms with Crippen molar-refractivity contribution in [3.8, 4) is 5.75 Å². The van der Waals surface area contributed by atoms with E-state index in [2.05, 4.69) is 5.32 Å². The highest BCUT2D eigenvalue weighted by atomic mass is 35.5. The topological polar surface area (TPSA) is 81.5 Å². The summed E-state index contributed by atoms with van der Waals surface area (Å²) in [4.78, 5) is 23.2. The fourth-order valence-electron chi connectivity index (χ4n) is 1.79. The molecule has 0 bridgehead atoms. The summed E-state index contributed by atoms with van der Waals surface area (Å²) in [5.74, 6) is -0.349. The lowest BCUT2D eigenvalue weighted by Gasteiger charge is -2.12. The first-order chi connectivity index (χ1) is 10.5. The summed E-state index contributed by atoms with van der Waals surface area (Å²) in [6.07, 6.45) is 0. The van der Waals surface area contributed by atoms with Gasteiger partial charge < -0.3 is 10.1 Å². The Labute approximate surface area is 135 Å². The molecule has 0 spiro atoms. The first-order valence-corrected chi connectivity index (χ1v) is 7.62. The van der Waals surface area contributed by atoms with E-state index in [0.29, 0.717) is 0 Å². The van der Waals surface area contributed by atoms with Gasteiger partial charge in [0.25, 0.3) is 5.91 Å². The van der Waals surface area contributed by atoms with Crippen LogP contribution in [0.4, 0.5) is 5.69 Å². The number of amides is 1. The molecule has 0 aliphatic carbocycles. The highest BCUT2D eigenvalue weighted by molar-refractivity contribution is 7.10. The monoisotopic (exact) mass is 340 g/mol. The summed E-state index contributed by atoms with van der Waals surface area (Å²) >= 11 is 7.25. The van der Waals surface area contributed by atoms with Crippen LogP contribution in [0.2, 0.25) is 5.02 Å². The second-order valence-corrected chi connectivity index (χ2v) is 5.88. The summed E-state index contributed by atoms with van der Waals surface area (Å²) in [5, 5.41) is 15.8. The fraction of sp³-hybridized carbons (Fsp3) is 0.214. The van der Waals surface area contributed by atoms with Crippen LogP contribution in [0.1, 0.15) is 17.8 Å². The molecular weight excluding hydrogens is 328 g/mol. The van der Waals surface area contributed by atoms with E-state index >= 15 is 0 Å². The van der Waals surface area contributed by atoms with Crippen molar-refractivity contribution in [2.24, 2.45) is 0 Å². The Morgan fingerprint density at radius 2 is 2.27 bits per heavy atom. The number of ether oxygens (including phenoxy) is 1. The van der Waals surface area contributed by atoms with Crippen molar-refractivity contribution < 1.29 is 14.5 Å². The van der Waals surface area contributed by atoms with Gasteiger partial charge in [0.05, 0.1) is 11.0 Å². The van der Waals surface area contributed by atoms with Crippen LogP contribution < -0.4 is 10.1 Å². The zero-order valence-corrected chi connectivity index (χ0v) is 13.2. The third kappa shape index (κ3) is 4.19. The third-order valence-electron chi connectivity index (χ3n) is 2.82. The molecule has 0 aliphatic heterocycles. The van der Waals surface area contributed by atoms with Crippen LogP contribution in [0.5, 0.6) is 5.75 Å². The van der Waals surface area contributed by atoms with E-state index in [0.717, 1.165) is 4.88 Å². The van der Waals surface area contributed by atoms with E-state index in [4.69, 9.17) is 16.3 Å². The van der Waals surface area contributed by atoms with Crippen molar-refractivity contribution in [3.63, 3.8) is 0 Å². The molecule has 22 heavy (non-hydrogen) atoms. The van der Waals surface area contributed by atoms with Crippen LogP contribution >= 0.6 is 22.9 Å². The lowest BCUT2D eigenvalue weighted by molar-refractivity contribution is -0.385. The van der Waals surface area contributed by atoms with Crippen LogP contribution in [-0.4, -0.2) is 17.4 Å². The number of nitrogens with zero attached hydrogens (tertiary/aromatic N) is 1. The van der Waals surface area contributed by atoms with E-state index in [1.54, 1.807) is 0 Å². The highest BCUT2D eigenvalue weighted by Gasteiger charge is 2.17. The number of halogens is 1. The summed E-state index contributed by atoms with van der Waals surface area (Å²) in [6, 6.07) is 7.70. The van der Waals surface area contributed by atoms with Crippen molar-refractivity contribution in [2.45, 2.75) is 13.0 Å². The van der Waals surface area contributed by atoms with Crippen molar-refractivity contribution in [2.75, 3.05) is 6.61 Å². The number of hydrogen-bond acceptors (Lipinski definition) is 5. The molecule has 116 valence electrons. The molecule has 2 rings (SSSR count). The van der Waals surface area contributed by atoms with Gasteiger partial charge in [-0.15, -0.1) is 11.3 Å². The Balaban J connectivity index is 1.95. The lowest BCUT2D eigenvalue weighted by Crippen LogP contribution is -2.30. The molecule has 8 heteroatoms. The lowest BCUT2D eigenvalue weighted by atomic mass is 10.3. The minimum atomic E-state index is -0.604. The SMILES string of the molecule is CC(NC(=O)COc1ccc(Cl)cc1[N+](=O)[O-])c1cccs1. The standard InChI is InChI=1S/C14H13ClN2O4S/c1-9(13-3-2-6-22-13)16-14(18)8-21-12-5-4-10(15)7-11(12)17(19)20/h2-7,9H,8H2,1H3,(H,16,18). The average molecular weight is 341 g/mol. The van der Waals surface area contributed by atoms with Gasteiger partial charge in [0.1, 0.15) is 0 Å². The molecule has 1 aromatic carbocycles. The van der Waals surface area contributed by atoms with Crippen LogP contribution in [0.15, 0.2) is 35.7 Å². The minimum Gasteiger partial charge on any atom is -0.477 e. The zero-order chi connectivity index (χ0) is 16.1. The Kier molecular flexibility index (Phi) is 5.35. The Morgan fingerprint density at radius 1 is 1.50 bits per heavy atom. The number of thiophene rings is 1. The van der Waals surface area contributed by atoms with Crippen LogP contribution in [0.3, 0.4) is 0 Å². The van der Waals surface area contributed by atoms with E-state index < -0.39 is 4.92 Å². The average Bonchev–Trinajstić information content (AvgIpc) is 3.00. The molecule has 2 aromatic rings. The predicted molar refractivity (Wildman–Crippen MR) is 84.5 cm³/mol. The van der Waals surface area contributed by atoms with Crippen molar-refractivity contribution >= 4 is 34.5 Å². The normalized spacial score (nSPS) is 11.7. The predicted octanol–water partition coefficient (Wildman–Crippen LogP) is 3.57. The van der Waals surface area contributed by atoms with Gasteiger partial charge in [0.2, 0.25) is 0 Å². The molecule has 0 saturated carbocycles. The number of nitro groups is 1. The first kappa shape index (κ1) is 16.3. The van der Waals surface area contributed by atoms with Gasteiger partial charge in [0, 0.05) is 16.0 Å². The van der Waals surface area contributed by atoms with E-state index in [1.165, 1.54) is 29.5 Å². The number of hydrogen-bond donors (Lipinski definition) is 1. The van der Waals surface area contributed by atoms with Crippen molar-refractivity contribution in [3.05, 3.63) is 55.7 Å². The molecule has 1 N–H and O–H groups in total. The van der Waals surface area contributed by atoms with Gasteiger partial charge in [-0.1, -0.05) is 17.7 Å². The third-order valence-corrected chi connectivity index (χ3v) is 4.11. The molecule has 1 unspecified atom stereocenters. The van der Waals surface area contributed by atoms with Gasteiger partial charge in [0.15, 0.2) is 12.4 Å². The molecule has 1 amide bonds. The van der Waals surface area contributed by atoms with Crippen LogP contribution in [0.25, 0.3) is 0 Å². The summed E-state index contributed by atoms with van der Waals surface area (Å²) in [6.45, 7) is 1.55. The number of nitro benzene ring substituents is 1. The molecule has 0 radical (unpaired) electrons. The minimum absolute atomic E-state index is 0.00771. The maximum absolute atomic E-state index is 11.8. The number of rotatable bonds is 6. The second kappa shape index (κ2) is 7.24. The van der Waals surface area contributed by atoms with E-state index in [-0.39, 0.29) is 35.0 Å². The molecule has 1 aromatic heterocycles. The van der Waals surface area contributed by atoms with E-state index in [9.17, 15) is 14.9 Å². The number of nitrogens with one attached hydrogen (secondary N) is 1. The maximum Gasteiger partial charge on any atom is 0.312 e. The quantitative estimate of drug-likeness (QED) is 0.643.